The van der Waals surface area contributed by atoms with E-state index < -0.39 is 5.97 Å². The van der Waals surface area contributed by atoms with Crippen molar-refractivity contribution in [3.05, 3.63) is 48.1 Å². The summed E-state index contributed by atoms with van der Waals surface area (Å²) in [6.45, 7) is 4.11. The molecule has 0 atom stereocenters. The molecule has 0 bridgehead atoms. The Hall–Kier alpha value is -1.57. The average molecular weight is 333 g/mol. The van der Waals surface area contributed by atoms with E-state index in [1.165, 1.54) is 57.8 Å². The van der Waals surface area contributed by atoms with Gasteiger partial charge in [-0.15, -0.1) is 0 Å². The second-order valence-electron chi connectivity index (χ2n) is 6.17. The third kappa shape index (κ3) is 15.3. The minimum atomic E-state index is -0.841. The maximum Gasteiger partial charge on any atom is 0.331 e. The van der Waals surface area contributed by atoms with Crippen LogP contribution in [0.4, 0.5) is 0 Å². The van der Waals surface area contributed by atoms with Gasteiger partial charge in [0, 0.05) is 5.57 Å². The quantitative estimate of drug-likeness (QED) is 0.199. The maximum atomic E-state index is 10.8. The van der Waals surface area contributed by atoms with E-state index in [-0.39, 0.29) is 0 Å². The first-order chi connectivity index (χ1) is 11.7. The molecule has 0 saturated carbocycles. The largest absolute Gasteiger partial charge is 0.478 e. The number of hydrogen-bond donors (Lipinski definition) is 1. The summed E-state index contributed by atoms with van der Waals surface area (Å²) in [6, 6.07) is 0. The lowest BCUT2D eigenvalue weighted by molar-refractivity contribution is -0.132. The first-order valence-electron chi connectivity index (χ1n) is 9.64. The molecule has 0 fully saturated rings. The van der Waals surface area contributed by atoms with Crippen LogP contribution < -0.4 is 0 Å². The van der Waals surface area contributed by atoms with Crippen molar-refractivity contribution in [1.82, 2.24) is 0 Å². The Labute approximate surface area is 149 Å². The lowest BCUT2D eigenvalue weighted by atomic mass is 10.1. The van der Waals surface area contributed by atoms with Crippen molar-refractivity contribution < 1.29 is 9.90 Å². The topological polar surface area (TPSA) is 37.3 Å². The maximum absolute atomic E-state index is 10.8. The van der Waals surface area contributed by atoms with Crippen LogP contribution in [0.25, 0.3) is 0 Å². The summed E-state index contributed by atoms with van der Waals surface area (Å²) in [6.07, 6.45) is 27.5. The number of carboxylic acid groups (broad SMARTS) is 1. The van der Waals surface area contributed by atoms with Crippen LogP contribution in [0.15, 0.2) is 48.1 Å². The highest BCUT2D eigenvalue weighted by Gasteiger charge is 2.00. The lowest BCUT2D eigenvalue weighted by Crippen LogP contribution is -1.97. The number of aliphatic carboxylic acids is 1. The second-order valence-corrected chi connectivity index (χ2v) is 6.17. The fraction of sp³-hybridized carbons (Fsp3) is 0.591. The molecule has 0 aliphatic heterocycles. The number of allylic oxidation sites excluding steroid dienone is 7. The van der Waals surface area contributed by atoms with Crippen LogP contribution in [-0.2, 0) is 4.79 Å². The van der Waals surface area contributed by atoms with Crippen molar-refractivity contribution in [3.8, 4) is 0 Å². The van der Waals surface area contributed by atoms with Gasteiger partial charge in [0.2, 0.25) is 0 Å². The predicted octanol–water partition coefficient (Wildman–Crippen LogP) is 7.00. The van der Waals surface area contributed by atoms with Crippen LogP contribution in [0.5, 0.6) is 0 Å². The van der Waals surface area contributed by atoms with Crippen molar-refractivity contribution in [2.45, 2.75) is 84.5 Å². The summed E-state index contributed by atoms with van der Waals surface area (Å²) in [5.74, 6) is -0.841. The highest BCUT2D eigenvalue weighted by atomic mass is 16.4. The van der Waals surface area contributed by atoms with Gasteiger partial charge in [0.1, 0.15) is 0 Å². The van der Waals surface area contributed by atoms with Crippen molar-refractivity contribution in [2.75, 3.05) is 0 Å². The molecule has 0 saturated heterocycles. The molecule has 2 heteroatoms. The molecule has 0 aliphatic rings. The smallest absolute Gasteiger partial charge is 0.331 e. The monoisotopic (exact) mass is 332 g/mol. The third-order valence-corrected chi connectivity index (χ3v) is 4.01. The number of rotatable bonds is 15. The van der Waals surface area contributed by atoms with Gasteiger partial charge in [-0.1, -0.05) is 108 Å². The van der Waals surface area contributed by atoms with E-state index in [0.717, 1.165) is 6.42 Å². The summed E-state index contributed by atoms with van der Waals surface area (Å²) in [7, 11) is 0. The van der Waals surface area contributed by atoms with Gasteiger partial charge in [0.25, 0.3) is 0 Å². The molecule has 0 aliphatic carbocycles. The predicted molar refractivity (Wildman–Crippen MR) is 105 cm³/mol. The summed E-state index contributed by atoms with van der Waals surface area (Å²) < 4.78 is 0. The summed E-state index contributed by atoms with van der Waals surface area (Å²) >= 11 is 0. The number of carbonyl (C=O) groups is 1. The number of carboxylic acids is 1. The van der Waals surface area contributed by atoms with E-state index in [4.69, 9.17) is 5.11 Å². The normalized spacial score (nSPS) is 12.8. The molecule has 0 heterocycles. The SMILES string of the molecule is CCCCCCCCCCCC=CC=CC=CC=C(CC)C(=O)O. The minimum absolute atomic E-state index is 0.431. The zero-order valence-electron chi connectivity index (χ0n) is 15.7. The van der Waals surface area contributed by atoms with Crippen molar-refractivity contribution in [2.24, 2.45) is 0 Å². The Morgan fingerprint density at radius 2 is 1.29 bits per heavy atom. The molecular formula is C22H36O2. The first kappa shape index (κ1) is 22.4. The molecule has 24 heavy (non-hydrogen) atoms. The Morgan fingerprint density at radius 1 is 0.750 bits per heavy atom. The minimum Gasteiger partial charge on any atom is -0.478 e. The number of hydrogen-bond acceptors (Lipinski definition) is 1. The van der Waals surface area contributed by atoms with E-state index in [1.54, 1.807) is 12.2 Å². The van der Waals surface area contributed by atoms with E-state index in [2.05, 4.69) is 19.1 Å². The Balaban J connectivity index is 3.57. The molecule has 136 valence electrons. The Bertz CT molecular complexity index is 414. The molecule has 2 nitrogen and oxygen atoms in total. The van der Waals surface area contributed by atoms with Crippen LogP contribution in [0.2, 0.25) is 0 Å². The number of unbranched alkanes of at least 4 members (excludes halogenated alkanes) is 9. The van der Waals surface area contributed by atoms with Crippen LogP contribution in [-0.4, -0.2) is 11.1 Å². The molecule has 0 spiro atoms. The first-order valence-corrected chi connectivity index (χ1v) is 9.64. The van der Waals surface area contributed by atoms with Crippen molar-refractivity contribution in [3.63, 3.8) is 0 Å². The zero-order chi connectivity index (χ0) is 17.9. The fourth-order valence-electron chi connectivity index (χ4n) is 2.45. The van der Waals surface area contributed by atoms with Gasteiger partial charge in [-0.3, -0.25) is 0 Å². The van der Waals surface area contributed by atoms with E-state index >= 15 is 0 Å². The molecule has 0 aromatic carbocycles. The van der Waals surface area contributed by atoms with Gasteiger partial charge in [0.15, 0.2) is 0 Å². The van der Waals surface area contributed by atoms with Gasteiger partial charge < -0.3 is 5.11 Å². The fourth-order valence-corrected chi connectivity index (χ4v) is 2.45. The van der Waals surface area contributed by atoms with Gasteiger partial charge >= 0.3 is 5.97 Å². The molecule has 0 amide bonds. The zero-order valence-corrected chi connectivity index (χ0v) is 15.7. The van der Waals surface area contributed by atoms with Crippen LogP contribution in [0, 0.1) is 0 Å². The Morgan fingerprint density at radius 3 is 1.88 bits per heavy atom. The molecule has 0 rings (SSSR count). The van der Waals surface area contributed by atoms with Crippen LogP contribution >= 0.6 is 0 Å². The van der Waals surface area contributed by atoms with E-state index in [9.17, 15) is 4.79 Å². The van der Waals surface area contributed by atoms with Gasteiger partial charge in [0.05, 0.1) is 0 Å². The van der Waals surface area contributed by atoms with Gasteiger partial charge in [-0.25, -0.2) is 4.79 Å². The highest BCUT2D eigenvalue weighted by molar-refractivity contribution is 5.86. The molecule has 0 radical (unpaired) electrons. The average Bonchev–Trinajstić information content (AvgIpc) is 2.57. The molecule has 0 aromatic rings. The van der Waals surface area contributed by atoms with Crippen molar-refractivity contribution >= 4 is 5.97 Å². The van der Waals surface area contributed by atoms with Crippen molar-refractivity contribution in [1.29, 1.82) is 0 Å². The van der Waals surface area contributed by atoms with Crippen LogP contribution in [0.3, 0.4) is 0 Å². The summed E-state index contributed by atoms with van der Waals surface area (Å²) in [5.41, 5.74) is 0.431. The third-order valence-electron chi connectivity index (χ3n) is 4.01. The van der Waals surface area contributed by atoms with Crippen LogP contribution in [0.1, 0.15) is 84.5 Å². The lowest BCUT2D eigenvalue weighted by Gasteiger charge is -2.00. The molecular weight excluding hydrogens is 296 g/mol. The summed E-state index contributed by atoms with van der Waals surface area (Å²) in [5, 5.41) is 8.87. The highest BCUT2D eigenvalue weighted by Crippen LogP contribution is 2.10. The van der Waals surface area contributed by atoms with Gasteiger partial charge in [-0.2, -0.15) is 0 Å². The summed E-state index contributed by atoms with van der Waals surface area (Å²) in [4.78, 5) is 10.8. The van der Waals surface area contributed by atoms with E-state index in [0.29, 0.717) is 12.0 Å². The van der Waals surface area contributed by atoms with Gasteiger partial charge in [-0.05, 0) is 19.3 Å². The Kier molecular flexibility index (Phi) is 16.6. The molecule has 0 unspecified atom stereocenters. The second kappa shape index (κ2) is 17.8. The van der Waals surface area contributed by atoms with E-state index in [1.807, 2.05) is 25.2 Å². The molecule has 1 N–H and O–H groups in total. The molecule has 0 aromatic heterocycles. The standard InChI is InChI=1S/C22H36O2/c1-3-5-6-7-8-9-10-11-12-13-14-15-16-17-18-19-20-21(4-2)22(23)24/h14-20H,3-13H2,1-2H3,(H,23,24).